The molecule has 0 aliphatic heterocycles. The number of nitrogens with two attached hydrogens (primary N) is 1. The van der Waals surface area contributed by atoms with Gasteiger partial charge in [0.15, 0.2) is 5.13 Å². The summed E-state index contributed by atoms with van der Waals surface area (Å²) in [6.45, 7) is 2.78. The van der Waals surface area contributed by atoms with E-state index in [4.69, 9.17) is 5.73 Å². The highest BCUT2D eigenvalue weighted by molar-refractivity contribution is 7.13. The van der Waals surface area contributed by atoms with Crippen molar-refractivity contribution in [1.29, 1.82) is 0 Å². The van der Waals surface area contributed by atoms with Gasteiger partial charge in [-0.3, -0.25) is 0 Å². The lowest BCUT2D eigenvalue weighted by Crippen LogP contribution is -2.29. The van der Waals surface area contributed by atoms with E-state index < -0.39 is 0 Å². The fourth-order valence-electron chi connectivity index (χ4n) is 1.70. The van der Waals surface area contributed by atoms with E-state index in [1.165, 1.54) is 11.3 Å². The van der Waals surface area contributed by atoms with E-state index in [0.29, 0.717) is 11.7 Å². The number of carbonyl (C=O) groups excluding carboxylic acids is 1. The normalized spacial score (nSPS) is 10.2. The Labute approximate surface area is 122 Å². The molecule has 20 heavy (non-hydrogen) atoms. The molecule has 0 bridgehead atoms. The van der Waals surface area contributed by atoms with Crippen LogP contribution in [0.3, 0.4) is 0 Å². The molecule has 0 radical (unpaired) electrons. The maximum Gasteiger partial charge on any atom is 0.319 e. The third kappa shape index (κ3) is 3.96. The number of nitrogens with zero attached hydrogens (tertiary/aromatic N) is 1. The smallest absolute Gasteiger partial charge is 0.319 e. The van der Waals surface area contributed by atoms with Gasteiger partial charge in [0.05, 0.1) is 5.69 Å². The molecule has 1 aromatic carbocycles. The third-order valence-electron chi connectivity index (χ3n) is 2.78. The van der Waals surface area contributed by atoms with Crippen molar-refractivity contribution in [1.82, 2.24) is 10.3 Å². The molecule has 2 aromatic rings. The molecule has 2 amide bonds. The number of aromatic nitrogens is 1. The van der Waals surface area contributed by atoms with Gasteiger partial charge in [-0.1, -0.05) is 25.5 Å². The first kappa shape index (κ1) is 14.3. The van der Waals surface area contributed by atoms with Crippen molar-refractivity contribution in [2.75, 3.05) is 17.6 Å². The van der Waals surface area contributed by atoms with Crippen molar-refractivity contribution < 1.29 is 4.79 Å². The minimum Gasteiger partial charge on any atom is -0.375 e. The summed E-state index contributed by atoms with van der Waals surface area (Å²) < 4.78 is 0. The Morgan fingerprint density at radius 3 is 2.70 bits per heavy atom. The molecule has 0 aliphatic carbocycles. The lowest BCUT2D eigenvalue weighted by molar-refractivity contribution is 0.252. The Morgan fingerprint density at radius 1 is 1.35 bits per heavy atom. The monoisotopic (exact) mass is 290 g/mol. The molecule has 4 N–H and O–H groups in total. The van der Waals surface area contributed by atoms with E-state index in [-0.39, 0.29) is 6.03 Å². The Kier molecular flexibility index (Phi) is 4.95. The molecule has 106 valence electrons. The number of nitrogens with one attached hydrogen (secondary N) is 2. The molecule has 5 nitrogen and oxygen atoms in total. The van der Waals surface area contributed by atoms with Crippen molar-refractivity contribution in [2.45, 2.75) is 19.8 Å². The van der Waals surface area contributed by atoms with E-state index in [1.54, 1.807) is 0 Å². The van der Waals surface area contributed by atoms with Crippen LogP contribution in [0.25, 0.3) is 11.3 Å². The largest absolute Gasteiger partial charge is 0.375 e. The number of nitrogen functional groups attached to an aromatic ring is 1. The zero-order valence-electron chi connectivity index (χ0n) is 11.3. The van der Waals surface area contributed by atoms with Crippen LogP contribution in [0.2, 0.25) is 0 Å². The summed E-state index contributed by atoms with van der Waals surface area (Å²) in [5.74, 6) is 0. The average molecular weight is 290 g/mol. The summed E-state index contributed by atoms with van der Waals surface area (Å²) in [6.07, 6.45) is 2.04. The number of hydrogen-bond acceptors (Lipinski definition) is 4. The molecule has 1 heterocycles. The van der Waals surface area contributed by atoms with Crippen LogP contribution in [0, 0.1) is 0 Å². The molecule has 0 fully saturated rings. The van der Waals surface area contributed by atoms with E-state index in [1.807, 2.05) is 29.6 Å². The highest BCUT2D eigenvalue weighted by atomic mass is 32.1. The van der Waals surface area contributed by atoms with Crippen LogP contribution in [-0.4, -0.2) is 17.6 Å². The first-order valence-corrected chi connectivity index (χ1v) is 7.43. The van der Waals surface area contributed by atoms with Gasteiger partial charge >= 0.3 is 6.03 Å². The summed E-state index contributed by atoms with van der Waals surface area (Å²) in [6, 6.07) is 7.35. The second kappa shape index (κ2) is 6.91. The summed E-state index contributed by atoms with van der Waals surface area (Å²) in [5.41, 5.74) is 8.20. The van der Waals surface area contributed by atoms with Crippen LogP contribution in [0.1, 0.15) is 19.8 Å². The van der Waals surface area contributed by atoms with Crippen molar-refractivity contribution in [3.05, 3.63) is 29.6 Å². The quantitative estimate of drug-likeness (QED) is 0.739. The predicted octanol–water partition coefficient (Wildman–Crippen LogP) is 3.31. The Morgan fingerprint density at radius 2 is 2.10 bits per heavy atom. The van der Waals surface area contributed by atoms with Crippen molar-refractivity contribution >= 4 is 28.2 Å². The van der Waals surface area contributed by atoms with Gasteiger partial charge in [-0.25, -0.2) is 9.78 Å². The number of thiazole rings is 1. The molecule has 0 saturated heterocycles. The third-order valence-corrected chi connectivity index (χ3v) is 3.45. The first-order chi connectivity index (χ1) is 9.69. The van der Waals surface area contributed by atoms with Crippen LogP contribution in [0.5, 0.6) is 0 Å². The van der Waals surface area contributed by atoms with Gasteiger partial charge < -0.3 is 16.4 Å². The Hall–Kier alpha value is -2.08. The SMILES string of the molecule is CCCCNC(=O)Nc1ccc(-c2csc(N)n2)cc1. The van der Waals surface area contributed by atoms with Crippen LogP contribution in [0.4, 0.5) is 15.6 Å². The van der Waals surface area contributed by atoms with E-state index in [2.05, 4.69) is 22.5 Å². The number of amides is 2. The topological polar surface area (TPSA) is 80.0 Å². The van der Waals surface area contributed by atoms with Crippen LogP contribution in [0.15, 0.2) is 29.6 Å². The standard InChI is InChI=1S/C14H18N4OS/c1-2-3-8-16-14(19)17-11-6-4-10(5-7-11)12-9-20-13(15)18-12/h4-7,9H,2-3,8H2,1H3,(H2,15,18)(H2,16,17,19). The molecule has 1 aromatic heterocycles. The molecular weight excluding hydrogens is 272 g/mol. The average Bonchev–Trinajstić information content (AvgIpc) is 2.86. The zero-order valence-corrected chi connectivity index (χ0v) is 12.2. The van der Waals surface area contributed by atoms with Gasteiger partial charge in [0.2, 0.25) is 0 Å². The lowest BCUT2D eigenvalue weighted by atomic mass is 10.1. The summed E-state index contributed by atoms with van der Waals surface area (Å²) in [5, 5.41) is 8.06. The van der Waals surface area contributed by atoms with Gasteiger partial charge in [-0.2, -0.15) is 0 Å². The van der Waals surface area contributed by atoms with Crippen molar-refractivity contribution in [3.8, 4) is 11.3 Å². The van der Waals surface area contributed by atoms with Gasteiger partial charge in [0, 0.05) is 23.2 Å². The van der Waals surface area contributed by atoms with Crippen LogP contribution >= 0.6 is 11.3 Å². The minimum atomic E-state index is -0.177. The highest BCUT2D eigenvalue weighted by Gasteiger charge is 2.04. The maximum atomic E-state index is 11.6. The fraction of sp³-hybridized carbons (Fsp3) is 0.286. The van der Waals surface area contributed by atoms with E-state index >= 15 is 0 Å². The Balaban J connectivity index is 1.93. The number of carbonyl (C=O) groups is 1. The number of hydrogen-bond donors (Lipinski definition) is 3. The molecule has 0 atom stereocenters. The number of benzene rings is 1. The van der Waals surface area contributed by atoms with Gasteiger partial charge in [0.25, 0.3) is 0 Å². The molecule has 0 aliphatic rings. The first-order valence-electron chi connectivity index (χ1n) is 6.55. The van der Waals surface area contributed by atoms with Gasteiger partial charge in [0.1, 0.15) is 0 Å². The predicted molar refractivity (Wildman–Crippen MR) is 83.9 cm³/mol. The molecule has 2 rings (SSSR count). The van der Waals surface area contributed by atoms with E-state index in [9.17, 15) is 4.79 Å². The molecular formula is C14H18N4OS. The Bertz CT molecular complexity index is 565. The number of rotatable bonds is 5. The highest BCUT2D eigenvalue weighted by Crippen LogP contribution is 2.24. The lowest BCUT2D eigenvalue weighted by Gasteiger charge is -2.07. The molecule has 0 unspecified atom stereocenters. The second-order valence-electron chi connectivity index (χ2n) is 4.38. The fourth-order valence-corrected chi connectivity index (χ4v) is 2.27. The van der Waals surface area contributed by atoms with Crippen LogP contribution in [-0.2, 0) is 0 Å². The maximum absolute atomic E-state index is 11.6. The van der Waals surface area contributed by atoms with Crippen LogP contribution < -0.4 is 16.4 Å². The zero-order chi connectivity index (χ0) is 14.4. The van der Waals surface area contributed by atoms with Gasteiger partial charge in [-0.15, -0.1) is 11.3 Å². The molecule has 0 spiro atoms. The summed E-state index contributed by atoms with van der Waals surface area (Å²) >= 11 is 1.41. The number of unbranched alkanes of at least 4 members (excludes halogenated alkanes) is 1. The number of urea groups is 1. The second-order valence-corrected chi connectivity index (χ2v) is 5.27. The summed E-state index contributed by atoms with van der Waals surface area (Å²) in [4.78, 5) is 15.8. The van der Waals surface area contributed by atoms with E-state index in [0.717, 1.165) is 29.8 Å². The van der Waals surface area contributed by atoms with Crippen molar-refractivity contribution in [3.63, 3.8) is 0 Å². The van der Waals surface area contributed by atoms with Gasteiger partial charge in [-0.05, 0) is 18.6 Å². The molecule has 6 heteroatoms. The minimum absolute atomic E-state index is 0.177. The van der Waals surface area contributed by atoms with Crippen molar-refractivity contribution in [2.24, 2.45) is 0 Å². The summed E-state index contributed by atoms with van der Waals surface area (Å²) in [7, 11) is 0. The number of anilines is 2. The molecule has 0 saturated carbocycles.